The molecule has 0 radical (unpaired) electrons. The highest BCUT2D eigenvalue weighted by molar-refractivity contribution is 5.69. The molecule has 198 valence electrons. The molecule has 0 aromatic heterocycles. The van der Waals surface area contributed by atoms with Crippen molar-refractivity contribution in [2.45, 2.75) is 78.0 Å². The number of carbonyl (C=O) groups excluding carboxylic acids is 5. The smallest absolute Gasteiger partial charge is 0.303 e. The van der Waals surface area contributed by atoms with Crippen LogP contribution in [0.2, 0.25) is 0 Å². The van der Waals surface area contributed by atoms with Crippen molar-refractivity contribution in [1.82, 2.24) is 0 Å². The molecule has 36 heavy (non-hydrogen) atoms. The zero-order chi connectivity index (χ0) is 26.8. The molecule has 0 N–H and O–H groups in total. The summed E-state index contributed by atoms with van der Waals surface area (Å²) in [5.74, 6) is -3.72. The summed E-state index contributed by atoms with van der Waals surface area (Å²) < 4.78 is 38.4. The fourth-order valence-corrected chi connectivity index (χ4v) is 3.60. The molecule has 1 saturated heterocycles. The van der Waals surface area contributed by atoms with Crippen molar-refractivity contribution in [3.8, 4) is 0 Å². The summed E-state index contributed by atoms with van der Waals surface area (Å²) in [4.78, 5) is 59.1. The molecule has 0 aliphatic carbocycles. The van der Waals surface area contributed by atoms with E-state index in [2.05, 4.69) is 0 Å². The van der Waals surface area contributed by atoms with Gasteiger partial charge in [0, 0.05) is 34.6 Å². The molecule has 12 nitrogen and oxygen atoms in total. The van der Waals surface area contributed by atoms with Crippen LogP contribution in [0.15, 0.2) is 30.3 Å². The molecule has 1 aliphatic heterocycles. The van der Waals surface area contributed by atoms with Gasteiger partial charge in [0.15, 0.2) is 30.7 Å². The molecule has 1 aliphatic rings. The maximum Gasteiger partial charge on any atom is 0.303 e. The first kappa shape index (κ1) is 28.7. The third kappa shape index (κ3) is 8.93. The van der Waals surface area contributed by atoms with Crippen LogP contribution >= 0.6 is 0 Å². The lowest BCUT2D eigenvalue weighted by molar-refractivity contribution is -0.320. The quantitative estimate of drug-likeness (QED) is 0.329. The van der Waals surface area contributed by atoms with E-state index in [0.717, 1.165) is 40.2 Å². The van der Waals surface area contributed by atoms with Gasteiger partial charge in [-0.05, 0) is 5.56 Å². The van der Waals surface area contributed by atoms with E-state index >= 15 is 0 Å². The first-order valence-corrected chi connectivity index (χ1v) is 11.1. The minimum absolute atomic E-state index is 0.00317. The highest BCUT2D eigenvalue weighted by Gasteiger charge is 2.55. The number of esters is 5. The van der Waals surface area contributed by atoms with Gasteiger partial charge in [0.1, 0.15) is 12.7 Å². The Morgan fingerprint density at radius 2 is 1.31 bits per heavy atom. The molecule has 1 aromatic rings. The summed E-state index contributed by atoms with van der Waals surface area (Å²) in [6.45, 7) is 5.17. The van der Waals surface area contributed by atoms with Crippen LogP contribution in [0.5, 0.6) is 0 Å². The highest BCUT2D eigenvalue weighted by Crippen LogP contribution is 2.32. The molecule has 0 spiro atoms. The maximum absolute atomic E-state index is 12.0. The summed E-state index contributed by atoms with van der Waals surface area (Å²) in [6, 6.07) is 8.98. The maximum atomic E-state index is 12.0. The van der Waals surface area contributed by atoms with Crippen molar-refractivity contribution in [2.75, 3.05) is 6.61 Å². The van der Waals surface area contributed by atoms with Crippen molar-refractivity contribution in [3.63, 3.8) is 0 Å². The normalized spacial score (nSPS) is 24.1. The second-order valence-corrected chi connectivity index (χ2v) is 7.94. The highest BCUT2D eigenvalue weighted by atomic mass is 16.7. The lowest BCUT2D eigenvalue weighted by Gasteiger charge is -2.45. The van der Waals surface area contributed by atoms with Gasteiger partial charge >= 0.3 is 29.8 Å². The van der Waals surface area contributed by atoms with E-state index in [1.165, 1.54) is 0 Å². The van der Waals surface area contributed by atoms with Gasteiger partial charge in [0.2, 0.25) is 0 Å². The fourth-order valence-electron chi connectivity index (χ4n) is 3.60. The van der Waals surface area contributed by atoms with Gasteiger partial charge in [0.05, 0.1) is 6.61 Å². The van der Waals surface area contributed by atoms with Crippen molar-refractivity contribution in [3.05, 3.63) is 35.9 Å². The summed E-state index contributed by atoms with van der Waals surface area (Å²) in [6.07, 6.45) is -8.19. The molecular formula is C24H30O12. The predicted molar refractivity (Wildman–Crippen MR) is 119 cm³/mol. The Bertz CT molecular complexity index is 930. The van der Waals surface area contributed by atoms with E-state index in [9.17, 15) is 24.0 Å². The topological polar surface area (TPSA) is 150 Å². The Morgan fingerprint density at radius 1 is 0.750 bits per heavy atom. The molecule has 1 fully saturated rings. The molecule has 0 bridgehead atoms. The second-order valence-electron chi connectivity index (χ2n) is 7.94. The molecule has 0 amide bonds. The first-order chi connectivity index (χ1) is 17.0. The van der Waals surface area contributed by atoms with Gasteiger partial charge in [-0.3, -0.25) is 24.0 Å². The van der Waals surface area contributed by atoms with Crippen molar-refractivity contribution in [1.29, 1.82) is 0 Å². The van der Waals surface area contributed by atoms with Crippen LogP contribution in [0.1, 0.15) is 40.2 Å². The third-order valence-electron chi connectivity index (χ3n) is 4.83. The Kier molecular flexibility index (Phi) is 10.8. The Balaban J connectivity index is 2.51. The zero-order valence-electron chi connectivity index (χ0n) is 20.7. The molecular weight excluding hydrogens is 480 g/mol. The van der Waals surface area contributed by atoms with E-state index in [4.69, 9.17) is 33.2 Å². The van der Waals surface area contributed by atoms with Crippen LogP contribution in [-0.2, 0) is 63.7 Å². The number of hydrogen-bond donors (Lipinski definition) is 0. The Labute approximate surface area is 208 Å². The Morgan fingerprint density at radius 3 is 1.83 bits per heavy atom. The number of hydrogen-bond acceptors (Lipinski definition) is 12. The lowest BCUT2D eigenvalue weighted by atomic mass is 9.94. The fraction of sp³-hybridized carbons (Fsp3) is 0.542. The molecule has 0 saturated carbocycles. The van der Waals surface area contributed by atoms with E-state index in [1.807, 2.05) is 6.07 Å². The average molecular weight is 510 g/mol. The molecule has 2 rings (SSSR count). The van der Waals surface area contributed by atoms with Gasteiger partial charge in [-0.15, -0.1) is 0 Å². The van der Waals surface area contributed by atoms with Crippen LogP contribution in [0.4, 0.5) is 0 Å². The number of ether oxygens (including phenoxy) is 7. The Hall–Kier alpha value is -3.51. The van der Waals surface area contributed by atoms with Crippen molar-refractivity contribution in [2.24, 2.45) is 0 Å². The van der Waals surface area contributed by atoms with Gasteiger partial charge in [-0.25, -0.2) is 0 Å². The minimum Gasteiger partial charge on any atom is -0.462 e. The van der Waals surface area contributed by atoms with E-state index in [1.54, 1.807) is 24.3 Å². The van der Waals surface area contributed by atoms with E-state index < -0.39 is 73.3 Å². The molecule has 1 aromatic carbocycles. The average Bonchev–Trinajstić information content (AvgIpc) is 2.77. The van der Waals surface area contributed by atoms with E-state index in [0.29, 0.717) is 0 Å². The summed E-state index contributed by atoms with van der Waals surface area (Å²) in [5, 5.41) is 0. The second kappa shape index (κ2) is 13.5. The standard InChI is InChI=1S/C24H30O12/c1-13(25)30-12-19(32-14(2)26)20-21(33-15(3)27)22(34-16(4)28)23(35-17(5)29)24(36-20)31-11-18-9-7-6-8-10-18/h6-10,19-24H,11-12H2,1-5H3/t19-,20+,21-,22-,23-,24+/m0/s1. The van der Waals surface area contributed by atoms with Gasteiger partial charge < -0.3 is 33.2 Å². The number of benzene rings is 1. The molecule has 12 heteroatoms. The van der Waals surface area contributed by atoms with Crippen LogP contribution in [0, 0.1) is 0 Å². The summed E-state index contributed by atoms with van der Waals surface area (Å²) in [7, 11) is 0. The predicted octanol–water partition coefficient (Wildman–Crippen LogP) is 1.22. The van der Waals surface area contributed by atoms with Crippen LogP contribution in [0.3, 0.4) is 0 Å². The lowest BCUT2D eigenvalue weighted by Crippen LogP contribution is -2.65. The SMILES string of the molecule is CC(=O)OC[C@H](OC(C)=O)[C@H]1O[C@@H](OCc2ccccc2)[C@@H](OC(C)=O)[C@@H](OC(C)=O)[C@H]1OC(C)=O. The number of carbonyl (C=O) groups is 5. The van der Waals surface area contributed by atoms with Crippen LogP contribution in [-0.4, -0.2) is 73.3 Å². The molecule has 6 atom stereocenters. The zero-order valence-corrected chi connectivity index (χ0v) is 20.7. The van der Waals surface area contributed by atoms with Crippen molar-refractivity contribution >= 4 is 29.8 Å². The minimum atomic E-state index is -1.42. The monoisotopic (exact) mass is 510 g/mol. The summed E-state index contributed by atoms with van der Waals surface area (Å²) in [5.41, 5.74) is 0.752. The van der Waals surface area contributed by atoms with Gasteiger partial charge in [-0.2, -0.15) is 0 Å². The van der Waals surface area contributed by atoms with Crippen LogP contribution < -0.4 is 0 Å². The molecule has 1 heterocycles. The van der Waals surface area contributed by atoms with Gasteiger partial charge in [-0.1, -0.05) is 30.3 Å². The van der Waals surface area contributed by atoms with E-state index in [-0.39, 0.29) is 6.61 Å². The van der Waals surface area contributed by atoms with Gasteiger partial charge in [0.25, 0.3) is 0 Å². The van der Waals surface area contributed by atoms with Crippen molar-refractivity contribution < 1.29 is 57.1 Å². The third-order valence-corrected chi connectivity index (χ3v) is 4.83. The molecule has 0 unspecified atom stereocenters. The number of rotatable bonds is 10. The van der Waals surface area contributed by atoms with Crippen LogP contribution in [0.25, 0.3) is 0 Å². The largest absolute Gasteiger partial charge is 0.462 e. The summed E-state index contributed by atoms with van der Waals surface area (Å²) >= 11 is 0. The first-order valence-electron chi connectivity index (χ1n) is 11.1.